The molecule has 1 amide bonds. The number of phenolic OH excluding ortho intramolecular Hbond substituents is 1. The molecule has 1 aromatic heterocycles. The Bertz CT molecular complexity index is 871. The molecule has 0 radical (unpaired) electrons. The van der Waals surface area contributed by atoms with Gasteiger partial charge in [0.15, 0.2) is 0 Å². The highest BCUT2D eigenvalue weighted by atomic mass is 32.2. The third kappa shape index (κ3) is 4.37. The molecule has 1 aromatic carbocycles. The van der Waals surface area contributed by atoms with Crippen LogP contribution >= 0.6 is 11.3 Å². The second kappa shape index (κ2) is 7.67. The fourth-order valence-electron chi connectivity index (χ4n) is 3.08. The van der Waals surface area contributed by atoms with Crippen LogP contribution in [0.4, 0.5) is 5.69 Å². The van der Waals surface area contributed by atoms with Crippen molar-refractivity contribution in [2.75, 3.05) is 4.72 Å². The molecule has 26 heavy (non-hydrogen) atoms. The number of hydrogen-bond donors (Lipinski definition) is 3. The molecule has 0 saturated heterocycles. The summed E-state index contributed by atoms with van der Waals surface area (Å²) in [4.78, 5) is 12.4. The molecule has 3 N–H and O–H groups in total. The van der Waals surface area contributed by atoms with Gasteiger partial charge in [-0.15, -0.1) is 11.3 Å². The molecule has 0 atom stereocenters. The predicted octanol–water partition coefficient (Wildman–Crippen LogP) is 3.56. The highest BCUT2D eigenvalue weighted by Crippen LogP contribution is 2.27. The molecule has 3 rings (SSSR count). The van der Waals surface area contributed by atoms with Gasteiger partial charge in [0.05, 0.1) is 11.3 Å². The Morgan fingerprint density at radius 3 is 2.54 bits per heavy atom. The van der Waals surface area contributed by atoms with E-state index in [9.17, 15) is 18.3 Å². The molecule has 0 bridgehead atoms. The van der Waals surface area contributed by atoms with E-state index in [-0.39, 0.29) is 33.2 Å². The number of phenols is 1. The van der Waals surface area contributed by atoms with Gasteiger partial charge in [0.1, 0.15) is 9.96 Å². The number of nitrogens with one attached hydrogen (secondary N) is 2. The van der Waals surface area contributed by atoms with E-state index < -0.39 is 10.0 Å². The number of sulfonamides is 1. The minimum absolute atomic E-state index is 0.120. The van der Waals surface area contributed by atoms with E-state index in [0.29, 0.717) is 5.92 Å². The number of benzene rings is 1. The van der Waals surface area contributed by atoms with Crippen LogP contribution in [0.15, 0.2) is 39.9 Å². The molecule has 0 unspecified atom stereocenters. The van der Waals surface area contributed by atoms with Crippen LogP contribution in [0.3, 0.4) is 0 Å². The van der Waals surface area contributed by atoms with Gasteiger partial charge >= 0.3 is 0 Å². The molecular formula is C18H22N2O4S2. The molecule has 6 nitrogen and oxygen atoms in total. The van der Waals surface area contributed by atoms with Crippen molar-refractivity contribution in [1.82, 2.24) is 5.32 Å². The third-order valence-corrected chi connectivity index (χ3v) is 7.38. The molecule has 1 aliphatic rings. The molecule has 1 fully saturated rings. The zero-order valence-corrected chi connectivity index (χ0v) is 16.1. The summed E-state index contributed by atoms with van der Waals surface area (Å²) >= 11 is 1.10. The standard InChI is InChI=1S/C18H22N2O4S2/c1-12-4-6-13(7-5-12)19-18(22)15-9-8-14(11-16(15)21)20-26(23,24)17-3-2-10-25-17/h2-3,8-13,20-21H,4-7H2,1H3,(H,19,22). The van der Waals surface area contributed by atoms with Gasteiger partial charge in [-0.1, -0.05) is 13.0 Å². The molecule has 8 heteroatoms. The SMILES string of the molecule is CC1CCC(NC(=O)c2ccc(NS(=O)(=O)c3cccs3)cc2O)CC1. The van der Waals surface area contributed by atoms with E-state index in [2.05, 4.69) is 17.0 Å². The highest BCUT2D eigenvalue weighted by molar-refractivity contribution is 7.94. The minimum Gasteiger partial charge on any atom is -0.507 e. The summed E-state index contributed by atoms with van der Waals surface area (Å²) in [6, 6.07) is 7.43. The van der Waals surface area contributed by atoms with Crippen molar-refractivity contribution >= 4 is 33.0 Å². The van der Waals surface area contributed by atoms with Crippen LogP contribution in [0.2, 0.25) is 0 Å². The number of carbonyl (C=O) groups excluding carboxylic acids is 1. The van der Waals surface area contributed by atoms with E-state index in [4.69, 9.17) is 0 Å². The zero-order valence-electron chi connectivity index (χ0n) is 14.4. The fraction of sp³-hybridized carbons (Fsp3) is 0.389. The molecule has 1 aliphatic carbocycles. The normalized spacial score (nSPS) is 20.5. The van der Waals surface area contributed by atoms with Crippen molar-refractivity contribution in [3.05, 3.63) is 41.3 Å². The van der Waals surface area contributed by atoms with Crippen molar-refractivity contribution in [1.29, 1.82) is 0 Å². The van der Waals surface area contributed by atoms with Gasteiger partial charge < -0.3 is 10.4 Å². The summed E-state index contributed by atoms with van der Waals surface area (Å²) in [7, 11) is -3.69. The van der Waals surface area contributed by atoms with Crippen molar-refractivity contribution in [2.24, 2.45) is 5.92 Å². The lowest BCUT2D eigenvalue weighted by molar-refractivity contribution is 0.0920. The van der Waals surface area contributed by atoms with Crippen LogP contribution in [0, 0.1) is 5.92 Å². The number of aromatic hydroxyl groups is 1. The quantitative estimate of drug-likeness (QED) is 0.722. The van der Waals surface area contributed by atoms with Crippen molar-refractivity contribution < 1.29 is 18.3 Å². The van der Waals surface area contributed by atoms with Gasteiger partial charge in [-0.05, 0) is 55.2 Å². The summed E-state index contributed by atoms with van der Waals surface area (Å²) < 4.78 is 27.0. The van der Waals surface area contributed by atoms with Gasteiger partial charge in [0.25, 0.3) is 15.9 Å². The molecule has 2 aromatic rings. The summed E-state index contributed by atoms with van der Waals surface area (Å²) in [5.74, 6) is 0.0972. The zero-order chi connectivity index (χ0) is 18.7. The number of thiophene rings is 1. The number of rotatable bonds is 5. The van der Waals surface area contributed by atoms with E-state index in [1.54, 1.807) is 11.4 Å². The molecular weight excluding hydrogens is 372 g/mol. The molecule has 0 aliphatic heterocycles. The Labute approximate surface area is 157 Å². The second-order valence-corrected chi connectivity index (χ2v) is 9.56. The summed E-state index contributed by atoms with van der Waals surface area (Å²) in [6.45, 7) is 2.21. The second-order valence-electron chi connectivity index (χ2n) is 6.70. The smallest absolute Gasteiger partial charge is 0.271 e. The fourth-order valence-corrected chi connectivity index (χ4v) is 5.12. The van der Waals surface area contributed by atoms with Gasteiger partial charge in [-0.3, -0.25) is 9.52 Å². The number of amides is 1. The Morgan fingerprint density at radius 1 is 1.19 bits per heavy atom. The van der Waals surface area contributed by atoms with Crippen LogP contribution in [-0.2, 0) is 10.0 Å². The van der Waals surface area contributed by atoms with Crippen LogP contribution in [0.25, 0.3) is 0 Å². The third-order valence-electron chi connectivity index (χ3n) is 4.61. The van der Waals surface area contributed by atoms with Gasteiger partial charge in [0.2, 0.25) is 0 Å². The topological polar surface area (TPSA) is 95.5 Å². The number of anilines is 1. The molecule has 0 spiro atoms. The van der Waals surface area contributed by atoms with E-state index in [0.717, 1.165) is 37.0 Å². The Kier molecular flexibility index (Phi) is 5.52. The van der Waals surface area contributed by atoms with E-state index in [1.807, 2.05) is 0 Å². The van der Waals surface area contributed by atoms with Crippen LogP contribution in [0.1, 0.15) is 43.0 Å². The summed E-state index contributed by atoms with van der Waals surface area (Å²) in [5, 5.41) is 14.8. The minimum atomic E-state index is -3.69. The van der Waals surface area contributed by atoms with E-state index in [1.165, 1.54) is 24.3 Å². The largest absolute Gasteiger partial charge is 0.507 e. The lowest BCUT2D eigenvalue weighted by Gasteiger charge is -2.27. The molecule has 140 valence electrons. The predicted molar refractivity (Wildman–Crippen MR) is 102 cm³/mol. The monoisotopic (exact) mass is 394 g/mol. The van der Waals surface area contributed by atoms with E-state index >= 15 is 0 Å². The Morgan fingerprint density at radius 2 is 1.92 bits per heavy atom. The van der Waals surface area contributed by atoms with Gasteiger partial charge in [0, 0.05) is 12.1 Å². The molecule has 1 saturated carbocycles. The summed E-state index contributed by atoms with van der Waals surface area (Å²) in [6.07, 6.45) is 4.04. The lowest BCUT2D eigenvalue weighted by Crippen LogP contribution is -2.37. The average Bonchev–Trinajstić information content (AvgIpc) is 3.12. The maximum Gasteiger partial charge on any atom is 0.271 e. The Hall–Kier alpha value is -2.06. The van der Waals surface area contributed by atoms with Gasteiger partial charge in [-0.2, -0.15) is 0 Å². The number of hydrogen-bond acceptors (Lipinski definition) is 5. The maximum atomic E-state index is 12.4. The lowest BCUT2D eigenvalue weighted by atomic mass is 9.87. The van der Waals surface area contributed by atoms with Gasteiger partial charge in [-0.25, -0.2) is 8.42 Å². The first-order valence-electron chi connectivity index (χ1n) is 8.55. The number of carbonyl (C=O) groups is 1. The Balaban J connectivity index is 1.68. The molecule has 1 heterocycles. The first-order chi connectivity index (χ1) is 12.3. The summed E-state index contributed by atoms with van der Waals surface area (Å²) in [5.41, 5.74) is 0.349. The average molecular weight is 395 g/mol. The maximum absolute atomic E-state index is 12.4. The first kappa shape index (κ1) is 18.7. The van der Waals surface area contributed by atoms with Crippen molar-refractivity contribution in [2.45, 2.75) is 42.9 Å². The van der Waals surface area contributed by atoms with Crippen LogP contribution in [-0.4, -0.2) is 25.5 Å². The highest BCUT2D eigenvalue weighted by Gasteiger charge is 2.22. The van der Waals surface area contributed by atoms with Crippen molar-refractivity contribution in [3.8, 4) is 5.75 Å². The first-order valence-corrected chi connectivity index (χ1v) is 10.9. The van der Waals surface area contributed by atoms with Crippen molar-refractivity contribution in [3.63, 3.8) is 0 Å². The van der Waals surface area contributed by atoms with Crippen LogP contribution in [0.5, 0.6) is 5.75 Å². The van der Waals surface area contributed by atoms with Crippen LogP contribution < -0.4 is 10.0 Å².